The molecule has 0 saturated heterocycles. The monoisotopic (exact) mass is 525 g/mol. The SMILES string of the molecule is Cc1ccccc1CC(=O)NCCCCCc1nc2ccccc2n1CCCCOc1ccc(C(C)C)cc1. The van der Waals surface area contributed by atoms with Gasteiger partial charge in [-0.25, -0.2) is 4.98 Å². The average Bonchev–Trinajstić information content (AvgIpc) is 3.29. The number of hydrogen-bond acceptors (Lipinski definition) is 3. The Morgan fingerprint density at radius 3 is 2.46 bits per heavy atom. The van der Waals surface area contributed by atoms with Crippen molar-refractivity contribution in [2.75, 3.05) is 13.2 Å². The molecule has 5 nitrogen and oxygen atoms in total. The summed E-state index contributed by atoms with van der Waals surface area (Å²) in [6.45, 7) is 8.85. The molecule has 206 valence electrons. The predicted molar refractivity (Wildman–Crippen MR) is 160 cm³/mol. The van der Waals surface area contributed by atoms with E-state index in [9.17, 15) is 4.79 Å². The normalized spacial score (nSPS) is 11.3. The number of benzene rings is 3. The lowest BCUT2D eigenvalue weighted by Gasteiger charge is -2.11. The molecule has 0 spiro atoms. The van der Waals surface area contributed by atoms with Crippen molar-refractivity contribution in [2.24, 2.45) is 0 Å². The molecule has 0 bridgehead atoms. The van der Waals surface area contributed by atoms with Gasteiger partial charge < -0.3 is 14.6 Å². The fourth-order valence-corrected chi connectivity index (χ4v) is 4.93. The van der Waals surface area contributed by atoms with Crippen molar-refractivity contribution in [3.05, 3.63) is 95.3 Å². The maximum atomic E-state index is 12.3. The standard InChI is InChI=1S/C34H43N3O2/c1-26(2)28-18-20-30(21-19-28)39-24-12-11-23-37-32-16-9-8-15-31(32)36-33(37)17-5-4-10-22-35-34(38)25-29-14-7-6-13-27(29)3/h6-9,13-16,18-21,26H,4-5,10-12,17,22-25H2,1-3H3,(H,35,38). The summed E-state index contributed by atoms with van der Waals surface area (Å²) < 4.78 is 8.37. The molecule has 1 heterocycles. The number of unbranched alkanes of at least 4 members (excludes halogenated alkanes) is 3. The number of nitrogens with one attached hydrogen (secondary N) is 1. The Balaban J connectivity index is 1.19. The number of amides is 1. The van der Waals surface area contributed by atoms with Gasteiger partial charge in [-0.3, -0.25) is 4.79 Å². The van der Waals surface area contributed by atoms with Crippen LogP contribution in [-0.2, 0) is 24.2 Å². The van der Waals surface area contributed by atoms with Crippen LogP contribution in [0.3, 0.4) is 0 Å². The second-order valence-corrected chi connectivity index (χ2v) is 10.7. The molecular weight excluding hydrogens is 482 g/mol. The van der Waals surface area contributed by atoms with Gasteiger partial charge >= 0.3 is 0 Å². The minimum Gasteiger partial charge on any atom is -0.494 e. The quantitative estimate of drug-likeness (QED) is 0.165. The van der Waals surface area contributed by atoms with Gasteiger partial charge in [0.2, 0.25) is 5.91 Å². The van der Waals surface area contributed by atoms with Gasteiger partial charge in [-0.05, 0) is 79.5 Å². The van der Waals surface area contributed by atoms with E-state index < -0.39 is 0 Å². The van der Waals surface area contributed by atoms with Crippen molar-refractivity contribution < 1.29 is 9.53 Å². The number of rotatable bonds is 15. The Morgan fingerprint density at radius 1 is 0.897 bits per heavy atom. The zero-order valence-corrected chi connectivity index (χ0v) is 23.8. The van der Waals surface area contributed by atoms with E-state index in [0.29, 0.717) is 12.3 Å². The third kappa shape index (κ3) is 8.44. The highest BCUT2D eigenvalue weighted by Gasteiger charge is 2.10. The lowest BCUT2D eigenvalue weighted by atomic mass is 10.0. The number of carbonyl (C=O) groups is 1. The van der Waals surface area contributed by atoms with E-state index in [4.69, 9.17) is 9.72 Å². The Kier molecular flexibility index (Phi) is 10.6. The summed E-state index contributed by atoms with van der Waals surface area (Å²) in [6.07, 6.45) is 6.56. The topological polar surface area (TPSA) is 56.2 Å². The minimum atomic E-state index is 0.0997. The first kappa shape index (κ1) is 28.4. The molecule has 0 aliphatic rings. The maximum Gasteiger partial charge on any atom is 0.224 e. The summed E-state index contributed by atoms with van der Waals surface area (Å²) >= 11 is 0. The number of aromatic nitrogens is 2. The highest BCUT2D eigenvalue weighted by Crippen LogP contribution is 2.20. The fourth-order valence-electron chi connectivity index (χ4n) is 4.93. The van der Waals surface area contributed by atoms with Gasteiger partial charge in [-0.2, -0.15) is 0 Å². The summed E-state index contributed by atoms with van der Waals surface area (Å²) in [6, 6.07) is 25.0. The molecule has 0 atom stereocenters. The molecule has 0 aliphatic heterocycles. The van der Waals surface area contributed by atoms with Crippen LogP contribution in [0.1, 0.15) is 74.4 Å². The summed E-state index contributed by atoms with van der Waals surface area (Å²) in [5, 5.41) is 3.08. The van der Waals surface area contributed by atoms with Gasteiger partial charge in [0.15, 0.2) is 0 Å². The number of nitrogens with zero attached hydrogens (tertiary/aromatic N) is 2. The van der Waals surface area contributed by atoms with E-state index in [2.05, 4.69) is 85.3 Å². The molecule has 0 fully saturated rings. The van der Waals surface area contributed by atoms with Crippen LogP contribution >= 0.6 is 0 Å². The number of para-hydroxylation sites is 2. The van der Waals surface area contributed by atoms with Crippen molar-refractivity contribution in [2.45, 2.75) is 78.2 Å². The lowest BCUT2D eigenvalue weighted by molar-refractivity contribution is -0.120. The minimum absolute atomic E-state index is 0.0997. The van der Waals surface area contributed by atoms with Crippen molar-refractivity contribution in [3.8, 4) is 5.75 Å². The van der Waals surface area contributed by atoms with Crippen molar-refractivity contribution in [1.82, 2.24) is 14.9 Å². The Labute approximate surface area is 233 Å². The van der Waals surface area contributed by atoms with Crippen LogP contribution in [0.4, 0.5) is 0 Å². The smallest absolute Gasteiger partial charge is 0.224 e. The zero-order valence-electron chi connectivity index (χ0n) is 23.8. The van der Waals surface area contributed by atoms with Crippen LogP contribution in [-0.4, -0.2) is 28.6 Å². The van der Waals surface area contributed by atoms with Gasteiger partial charge in [0.05, 0.1) is 24.1 Å². The summed E-state index contributed by atoms with van der Waals surface area (Å²) in [5.41, 5.74) is 5.88. The van der Waals surface area contributed by atoms with Crippen LogP contribution in [0, 0.1) is 6.92 Å². The summed E-state index contributed by atoms with van der Waals surface area (Å²) in [4.78, 5) is 17.2. The molecular formula is C34H43N3O2. The van der Waals surface area contributed by atoms with Gasteiger partial charge in [-0.1, -0.05) is 68.8 Å². The Bertz CT molecular complexity index is 1320. The fraction of sp³-hybridized carbons (Fsp3) is 0.412. The number of imidazole rings is 1. The molecule has 1 amide bonds. The molecule has 5 heteroatoms. The van der Waals surface area contributed by atoms with Crippen LogP contribution in [0.5, 0.6) is 5.75 Å². The lowest BCUT2D eigenvalue weighted by Crippen LogP contribution is -2.26. The van der Waals surface area contributed by atoms with E-state index >= 15 is 0 Å². The highest BCUT2D eigenvalue weighted by molar-refractivity contribution is 5.78. The van der Waals surface area contributed by atoms with E-state index in [1.54, 1.807) is 0 Å². The highest BCUT2D eigenvalue weighted by atomic mass is 16.5. The Morgan fingerprint density at radius 2 is 1.67 bits per heavy atom. The molecule has 0 aliphatic carbocycles. The van der Waals surface area contributed by atoms with Crippen molar-refractivity contribution in [3.63, 3.8) is 0 Å². The van der Waals surface area contributed by atoms with Crippen LogP contribution in [0.2, 0.25) is 0 Å². The second-order valence-electron chi connectivity index (χ2n) is 10.7. The van der Waals surface area contributed by atoms with Crippen molar-refractivity contribution >= 4 is 16.9 Å². The van der Waals surface area contributed by atoms with Gasteiger partial charge in [0.25, 0.3) is 0 Å². The molecule has 1 aromatic heterocycles. The number of ether oxygens (including phenoxy) is 1. The largest absolute Gasteiger partial charge is 0.494 e. The Hall–Kier alpha value is -3.60. The predicted octanol–water partition coefficient (Wildman–Crippen LogP) is 7.40. The van der Waals surface area contributed by atoms with E-state index in [1.165, 1.54) is 16.6 Å². The number of hydrogen-bond donors (Lipinski definition) is 1. The average molecular weight is 526 g/mol. The molecule has 1 N–H and O–H groups in total. The van der Waals surface area contributed by atoms with Gasteiger partial charge in [-0.15, -0.1) is 0 Å². The van der Waals surface area contributed by atoms with Gasteiger partial charge in [0.1, 0.15) is 11.6 Å². The molecule has 39 heavy (non-hydrogen) atoms. The number of fused-ring (bicyclic) bond motifs is 1. The zero-order chi connectivity index (χ0) is 27.5. The first-order chi connectivity index (χ1) is 19.0. The molecule has 0 saturated carbocycles. The first-order valence-corrected chi connectivity index (χ1v) is 14.5. The number of aryl methyl sites for hydroxylation is 3. The first-order valence-electron chi connectivity index (χ1n) is 14.5. The number of carbonyl (C=O) groups excluding carboxylic acids is 1. The van der Waals surface area contributed by atoms with E-state index in [0.717, 1.165) is 80.9 Å². The third-order valence-corrected chi connectivity index (χ3v) is 7.34. The van der Waals surface area contributed by atoms with Crippen LogP contribution < -0.4 is 10.1 Å². The molecule has 3 aromatic carbocycles. The van der Waals surface area contributed by atoms with Crippen LogP contribution in [0.15, 0.2) is 72.8 Å². The van der Waals surface area contributed by atoms with E-state index in [1.807, 2.05) is 18.2 Å². The molecule has 4 aromatic rings. The summed E-state index contributed by atoms with van der Waals surface area (Å²) in [7, 11) is 0. The van der Waals surface area contributed by atoms with E-state index in [-0.39, 0.29) is 5.91 Å². The van der Waals surface area contributed by atoms with Crippen LogP contribution in [0.25, 0.3) is 11.0 Å². The maximum absolute atomic E-state index is 12.3. The molecule has 4 rings (SSSR count). The van der Waals surface area contributed by atoms with Gasteiger partial charge in [0, 0.05) is 19.5 Å². The van der Waals surface area contributed by atoms with Crippen molar-refractivity contribution in [1.29, 1.82) is 0 Å². The molecule has 0 radical (unpaired) electrons. The molecule has 0 unspecified atom stereocenters. The summed E-state index contributed by atoms with van der Waals surface area (Å²) in [5.74, 6) is 2.74. The second kappa shape index (κ2) is 14.5. The third-order valence-electron chi connectivity index (χ3n) is 7.34.